The van der Waals surface area contributed by atoms with Gasteiger partial charge in [0.25, 0.3) is 0 Å². The van der Waals surface area contributed by atoms with Gasteiger partial charge >= 0.3 is 0 Å². The standard InChI is InChI=1S/C22H32N4O3/c1-3-23-22(26-12-10-20(11-13-26)28-15-7-14-27-2)24-17-19-16-21(29-25-19)18-8-5-4-6-9-18/h4-6,8-9,16,20H,3,7,10-15,17H2,1-2H3,(H,23,24). The van der Waals surface area contributed by atoms with Crippen LogP contribution in [-0.4, -0.2) is 62.1 Å². The van der Waals surface area contributed by atoms with Gasteiger partial charge in [0, 0.05) is 51.6 Å². The molecule has 0 aliphatic carbocycles. The van der Waals surface area contributed by atoms with Crippen LogP contribution >= 0.6 is 0 Å². The van der Waals surface area contributed by atoms with Crippen molar-refractivity contribution < 1.29 is 14.0 Å². The van der Waals surface area contributed by atoms with Gasteiger partial charge in [-0.15, -0.1) is 0 Å². The number of hydrogen-bond acceptors (Lipinski definition) is 5. The van der Waals surface area contributed by atoms with Crippen molar-refractivity contribution in [1.82, 2.24) is 15.4 Å². The van der Waals surface area contributed by atoms with Crippen molar-refractivity contribution in [2.75, 3.05) is 40.0 Å². The fourth-order valence-corrected chi connectivity index (χ4v) is 3.39. The molecule has 0 saturated carbocycles. The van der Waals surface area contributed by atoms with E-state index in [2.05, 4.69) is 22.3 Å². The van der Waals surface area contributed by atoms with E-state index < -0.39 is 0 Å². The lowest BCUT2D eigenvalue weighted by Crippen LogP contribution is -2.47. The molecule has 0 amide bonds. The summed E-state index contributed by atoms with van der Waals surface area (Å²) < 4.78 is 16.5. The van der Waals surface area contributed by atoms with Crippen LogP contribution in [0.3, 0.4) is 0 Å². The highest BCUT2D eigenvalue weighted by Gasteiger charge is 2.22. The highest BCUT2D eigenvalue weighted by molar-refractivity contribution is 5.80. The lowest BCUT2D eigenvalue weighted by molar-refractivity contribution is 0.00990. The molecule has 2 heterocycles. The van der Waals surface area contributed by atoms with E-state index >= 15 is 0 Å². The van der Waals surface area contributed by atoms with Gasteiger partial charge in [-0.1, -0.05) is 35.5 Å². The van der Waals surface area contributed by atoms with Gasteiger partial charge in [-0.25, -0.2) is 4.99 Å². The number of guanidine groups is 1. The monoisotopic (exact) mass is 400 g/mol. The Morgan fingerprint density at radius 2 is 2.03 bits per heavy atom. The molecule has 0 atom stereocenters. The molecule has 1 aliphatic rings. The minimum absolute atomic E-state index is 0.329. The third-order valence-corrected chi connectivity index (χ3v) is 4.93. The van der Waals surface area contributed by atoms with Crippen molar-refractivity contribution in [2.24, 2.45) is 4.99 Å². The normalized spacial score (nSPS) is 15.7. The van der Waals surface area contributed by atoms with Crippen LogP contribution in [0.4, 0.5) is 0 Å². The molecule has 29 heavy (non-hydrogen) atoms. The Balaban J connectivity index is 1.52. The van der Waals surface area contributed by atoms with Crippen LogP contribution < -0.4 is 5.32 Å². The zero-order valence-electron chi connectivity index (χ0n) is 17.5. The Bertz CT molecular complexity index is 740. The molecule has 1 aromatic heterocycles. The highest BCUT2D eigenvalue weighted by atomic mass is 16.5. The number of nitrogens with one attached hydrogen (secondary N) is 1. The molecule has 7 nitrogen and oxygen atoms in total. The second kappa shape index (κ2) is 11.6. The van der Waals surface area contributed by atoms with E-state index in [9.17, 15) is 0 Å². The predicted octanol–water partition coefficient (Wildman–Crippen LogP) is 3.32. The van der Waals surface area contributed by atoms with Crippen molar-refractivity contribution in [3.05, 3.63) is 42.1 Å². The van der Waals surface area contributed by atoms with Gasteiger partial charge in [-0.05, 0) is 26.2 Å². The maximum Gasteiger partial charge on any atom is 0.194 e. The fourth-order valence-electron chi connectivity index (χ4n) is 3.39. The highest BCUT2D eigenvalue weighted by Crippen LogP contribution is 2.20. The summed E-state index contributed by atoms with van der Waals surface area (Å²) in [5, 5.41) is 7.57. The van der Waals surface area contributed by atoms with Gasteiger partial charge in [-0.2, -0.15) is 0 Å². The van der Waals surface area contributed by atoms with Gasteiger partial charge < -0.3 is 24.2 Å². The van der Waals surface area contributed by atoms with Crippen LogP contribution in [0.25, 0.3) is 11.3 Å². The molecule has 1 saturated heterocycles. The van der Waals surface area contributed by atoms with Crippen molar-refractivity contribution >= 4 is 5.96 Å². The Kier molecular flexibility index (Phi) is 8.52. The molecule has 0 spiro atoms. The molecule has 0 radical (unpaired) electrons. The summed E-state index contributed by atoms with van der Waals surface area (Å²) in [5.74, 6) is 1.70. The number of hydrogen-bond donors (Lipinski definition) is 1. The summed E-state index contributed by atoms with van der Waals surface area (Å²) in [6.45, 7) is 6.81. The lowest BCUT2D eigenvalue weighted by Gasteiger charge is -2.34. The van der Waals surface area contributed by atoms with Crippen molar-refractivity contribution in [2.45, 2.75) is 38.8 Å². The van der Waals surface area contributed by atoms with Gasteiger partial charge in [0.05, 0.1) is 12.6 Å². The molecule has 158 valence electrons. The zero-order valence-corrected chi connectivity index (χ0v) is 17.5. The molecular weight excluding hydrogens is 368 g/mol. The summed E-state index contributed by atoms with van der Waals surface area (Å²) in [4.78, 5) is 7.08. The molecule has 2 aromatic rings. The maximum atomic E-state index is 5.96. The SMILES string of the molecule is CCNC(=NCc1cc(-c2ccccc2)on1)N1CCC(OCCCOC)CC1. The number of methoxy groups -OCH3 is 1. The summed E-state index contributed by atoms with van der Waals surface area (Å²) in [5.41, 5.74) is 1.85. The quantitative estimate of drug-likeness (QED) is 0.395. The molecule has 1 N–H and O–H groups in total. The van der Waals surface area contributed by atoms with Gasteiger partial charge in [0.15, 0.2) is 11.7 Å². The van der Waals surface area contributed by atoms with Crippen molar-refractivity contribution in [3.63, 3.8) is 0 Å². The first kappa shape index (κ1) is 21.3. The number of likely N-dealkylation sites (tertiary alicyclic amines) is 1. The molecular formula is C22H32N4O3. The van der Waals surface area contributed by atoms with Crippen LogP contribution in [0.1, 0.15) is 31.9 Å². The fraction of sp³-hybridized carbons (Fsp3) is 0.545. The number of piperidine rings is 1. The van der Waals surface area contributed by atoms with E-state index in [4.69, 9.17) is 19.0 Å². The molecule has 0 unspecified atom stereocenters. The molecule has 1 aliphatic heterocycles. The van der Waals surface area contributed by atoms with Crippen LogP contribution in [0.5, 0.6) is 0 Å². The predicted molar refractivity (Wildman–Crippen MR) is 114 cm³/mol. The smallest absolute Gasteiger partial charge is 0.194 e. The molecule has 1 aromatic carbocycles. The van der Waals surface area contributed by atoms with Crippen molar-refractivity contribution in [1.29, 1.82) is 0 Å². The topological polar surface area (TPSA) is 72.1 Å². The third-order valence-electron chi connectivity index (χ3n) is 4.93. The van der Waals surface area contributed by atoms with Crippen LogP contribution in [0.2, 0.25) is 0 Å². The Hall–Kier alpha value is -2.38. The minimum atomic E-state index is 0.329. The van der Waals surface area contributed by atoms with Gasteiger partial charge in [0.2, 0.25) is 0 Å². The molecule has 1 fully saturated rings. The van der Waals surface area contributed by atoms with E-state index in [-0.39, 0.29) is 0 Å². The minimum Gasteiger partial charge on any atom is -0.385 e. The van der Waals surface area contributed by atoms with E-state index in [0.29, 0.717) is 12.6 Å². The summed E-state index contributed by atoms with van der Waals surface area (Å²) in [6.07, 6.45) is 3.30. The van der Waals surface area contributed by atoms with Gasteiger partial charge in [0.1, 0.15) is 5.69 Å². The second-order valence-corrected chi connectivity index (χ2v) is 7.12. The largest absolute Gasteiger partial charge is 0.385 e. The molecule has 7 heteroatoms. The number of nitrogens with zero attached hydrogens (tertiary/aromatic N) is 3. The zero-order chi connectivity index (χ0) is 20.3. The van der Waals surface area contributed by atoms with E-state index in [0.717, 1.165) is 75.1 Å². The average molecular weight is 401 g/mol. The first-order valence-corrected chi connectivity index (χ1v) is 10.4. The van der Waals surface area contributed by atoms with E-state index in [1.807, 2.05) is 36.4 Å². The first-order valence-electron chi connectivity index (χ1n) is 10.4. The van der Waals surface area contributed by atoms with E-state index in [1.54, 1.807) is 7.11 Å². The maximum absolute atomic E-state index is 5.96. The Morgan fingerprint density at radius 3 is 2.76 bits per heavy atom. The molecule has 0 bridgehead atoms. The van der Waals surface area contributed by atoms with Crippen LogP contribution in [-0.2, 0) is 16.0 Å². The Morgan fingerprint density at radius 1 is 1.24 bits per heavy atom. The number of benzene rings is 1. The van der Waals surface area contributed by atoms with Crippen molar-refractivity contribution in [3.8, 4) is 11.3 Å². The summed E-state index contributed by atoms with van der Waals surface area (Å²) >= 11 is 0. The van der Waals surface area contributed by atoms with Gasteiger partial charge in [-0.3, -0.25) is 0 Å². The number of aliphatic imine (C=N–C) groups is 1. The number of aromatic nitrogens is 1. The van der Waals surface area contributed by atoms with E-state index in [1.165, 1.54) is 0 Å². The molecule has 3 rings (SSSR count). The third kappa shape index (κ3) is 6.58. The lowest BCUT2D eigenvalue weighted by atomic mass is 10.1. The van der Waals surface area contributed by atoms with Crippen LogP contribution in [0, 0.1) is 0 Å². The number of rotatable bonds is 9. The summed E-state index contributed by atoms with van der Waals surface area (Å²) in [7, 11) is 1.72. The van der Waals surface area contributed by atoms with Crippen LogP contribution in [0.15, 0.2) is 45.9 Å². The Labute approximate surface area is 173 Å². The second-order valence-electron chi connectivity index (χ2n) is 7.12. The average Bonchev–Trinajstić information content (AvgIpc) is 3.24. The number of ether oxygens (including phenoxy) is 2. The first-order chi connectivity index (χ1) is 14.3. The summed E-state index contributed by atoms with van der Waals surface area (Å²) in [6, 6.07) is 12.0.